The van der Waals surface area contributed by atoms with Gasteiger partial charge < -0.3 is 4.74 Å². The zero-order chi connectivity index (χ0) is 10.9. The van der Waals surface area contributed by atoms with Gasteiger partial charge in [0.2, 0.25) is 0 Å². The van der Waals surface area contributed by atoms with E-state index in [-0.39, 0.29) is 13.3 Å². The predicted molar refractivity (Wildman–Crippen MR) is 67.1 cm³/mol. The molecule has 0 radical (unpaired) electrons. The van der Waals surface area contributed by atoms with E-state index in [0.717, 1.165) is 6.61 Å². The van der Waals surface area contributed by atoms with Gasteiger partial charge in [-0.3, -0.25) is 0 Å². The molecule has 0 spiro atoms. The van der Waals surface area contributed by atoms with Gasteiger partial charge in [0.05, 0.1) is 11.9 Å². The van der Waals surface area contributed by atoms with Crippen molar-refractivity contribution in [3.05, 3.63) is 30.3 Å². The average Bonchev–Trinajstić information content (AvgIpc) is 2.23. The van der Waals surface area contributed by atoms with Crippen LogP contribution < -0.4 is 5.30 Å². The van der Waals surface area contributed by atoms with Crippen LogP contribution in [0, 0.1) is 5.92 Å². The van der Waals surface area contributed by atoms with Crippen LogP contribution in [0.25, 0.3) is 0 Å². The lowest BCUT2D eigenvalue weighted by Gasteiger charge is -2.41. The van der Waals surface area contributed by atoms with Crippen molar-refractivity contribution in [2.45, 2.75) is 26.1 Å². The molecule has 2 unspecified atom stereocenters. The fourth-order valence-corrected chi connectivity index (χ4v) is 4.80. The Bertz CT molecular complexity index is 321. The number of hydrogen-bond acceptors (Lipinski definition) is 1. The van der Waals surface area contributed by atoms with Crippen LogP contribution in [-0.4, -0.2) is 18.1 Å². The SMILES string of the molecule is CC1COC(C)(C)P(c2ccccc2)C1. The van der Waals surface area contributed by atoms with Gasteiger partial charge in [-0.05, 0) is 39.2 Å². The van der Waals surface area contributed by atoms with Crippen molar-refractivity contribution in [2.75, 3.05) is 12.8 Å². The summed E-state index contributed by atoms with van der Waals surface area (Å²) in [5.74, 6) is 0.698. The molecule has 0 bridgehead atoms. The molecule has 1 aromatic carbocycles. The van der Waals surface area contributed by atoms with E-state index >= 15 is 0 Å². The van der Waals surface area contributed by atoms with Crippen LogP contribution in [0.15, 0.2) is 30.3 Å². The third kappa shape index (κ3) is 2.41. The van der Waals surface area contributed by atoms with Crippen molar-refractivity contribution >= 4 is 13.2 Å². The zero-order valence-electron chi connectivity index (χ0n) is 9.73. The average molecular weight is 222 g/mol. The fourth-order valence-electron chi connectivity index (χ4n) is 2.03. The molecule has 82 valence electrons. The van der Waals surface area contributed by atoms with Crippen molar-refractivity contribution in [3.8, 4) is 0 Å². The maximum absolute atomic E-state index is 5.97. The Labute approximate surface area is 93.6 Å². The van der Waals surface area contributed by atoms with Gasteiger partial charge in [-0.2, -0.15) is 0 Å². The van der Waals surface area contributed by atoms with Crippen LogP contribution in [0.3, 0.4) is 0 Å². The summed E-state index contributed by atoms with van der Waals surface area (Å²) in [6, 6.07) is 10.8. The maximum Gasteiger partial charge on any atom is 0.0855 e. The molecule has 1 aliphatic rings. The summed E-state index contributed by atoms with van der Waals surface area (Å²) in [7, 11) is -0.172. The minimum Gasteiger partial charge on any atom is -0.371 e. The van der Waals surface area contributed by atoms with E-state index < -0.39 is 0 Å². The third-order valence-electron chi connectivity index (χ3n) is 2.93. The quantitative estimate of drug-likeness (QED) is 0.663. The molecule has 1 nitrogen and oxygen atoms in total. The lowest BCUT2D eigenvalue weighted by molar-refractivity contribution is 0.0205. The smallest absolute Gasteiger partial charge is 0.0855 e. The Balaban J connectivity index is 2.26. The standard InChI is InChI=1S/C13H19OP/c1-11-9-14-13(2,3)15(10-11)12-7-5-4-6-8-12/h4-8,11H,9-10H2,1-3H3. The molecule has 0 amide bonds. The third-order valence-corrected chi connectivity index (χ3v) is 6.27. The molecule has 1 fully saturated rings. The van der Waals surface area contributed by atoms with Crippen LogP contribution in [0.1, 0.15) is 20.8 Å². The lowest BCUT2D eigenvalue weighted by atomic mass is 10.2. The summed E-state index contributed by atoms with van der Waals surface area (Å²) in [6.07, 6.45) is 1.30. The number of hydrogen-bond donors (Lipinski definition) is 0. The molecule has 15 heavy (non-hydrogen) atoms. The molecule has 1 heterocycles. The summed E-state index contributed by atoms with van der Waals surface area (Å²) < 4.78 is 5.97. The van der Waals surface area contributed by atoms with Crippen LogP contribution in [0.5, 0.6) is 0 Å². The van der Waals surface area contributed by atoms with Crippen LogP contribution in [-0.2, 0) is 4.74 Å². The second-order valence-electron chi connectivity index (χ2n) is 4.81. The molecular formula is C13H19OP. The van der Waals surface area contributed by atoms with Gasteiger partial charge in [0.1, 0.15) is 0 Å². The zero-order valence-corrected chi connectivity index (χ0v) is 10.6. The van der Waals surface area contributed by atoms with E-state index in [0.29, 0.717) is 5.92 Å². The number of rotatable bonds is 1. The lowest BCUT2D eigenvalue weighted by Crippen LogP contribution is -2.36. The second kappa shape index (κ2) is 4.23. The Hall–Kier alpha value is -0.390. The van der Waals surface area contributed by atoms with E-state index in [9.17, 15) is 0 Å². The van der Waals surface area contributed by atoms with Gasteiger partial charge in [0.25, 0.3) is 0 Å². The Morgan fingerprint density at radius 1 is 1.27 bits per heavy atom. The first-order chi connectivity index (χ1) is 7.09. The van der Waals surface area contributed by atoms with Crippen molar-refractivity contribution < 1.29 is 4.74 Å². The first-order valence-electron chi connectivity index (χ1n) is 5.56. The number of benzene rings is 1. The highest BCUT2D eigenvalue weighted by Gasteiger charge is 2.36. The molecule has 0 saturated carbocycles. The van der Waals surface area contributed by atoms with E-state index in [1.807, 2.05) is 0 Å². The fraction of sp³-hybridized carbons (Fsp3) is 0.538. The van der Waals surface area contributed by atoms with Crippen LogP contribution in [0.4, 0.5) is 0 Å². The van der Waals surface area contributed by atoms with Gasteiger partial charge in [0, 0.05) is 0 Å². The van der Waals surface area contributed by atoms with Crippen molar-refractivity contribution in [1.29, 1.82) is 0 Å². The number of ether oxygens (including phenoxy) is 1. The largest absolute Gasteiger partial charge is 0.371 e. The van der Waals surface area contributed by atoms with E-state index in [1.165, 1.54) is 11.5 Å². The Morgan fingerprint density at radius 3 is 2.60 bits per heavy atom. The van der Waals surface area contributed by atoms with Gasteiger partial charge in [0.15, 0.2) is 0 Å². The van der Waals surface area contributed by atoms with Gasteiger partial charge >= 0.3 is 0 Å². The molecule has 1 saturated heterocycles. The predicted octanol–water partition coefficient (Wildman–Crippen LogP) is 3.20. The van der Waals surface area contributed by atoms with Gasteiger partial charge in [-0.1, -0.05) is 37.3 Å². The molecule has 0 N–H and O–H groups in total. The monoisotopic (exact) mass is 222 g/mol. The van der Waals surface area contributed by atoms with E-state index in [1.54, 1.807) is 0 Å². The molecule has 1 aliphatic heterocycles. The molecule has 0 aliphatic carbocycles. The maximum atomic E-state index is 5.97. The highest BCUT2D eigenvalue weighted by molar-refractivity contribution is 7.67. The normalized spacial score (nSPS) is 30.1. The molecule has 2 atom stereocenters. The summed E-state index contributed by atoms with van der Waals surface area (Å²) in [6.45, 7) is 7.67. The van der Waals surface area contributed by atoms with E-state index in [2.05, 4.69) is 51.1 Å². The van der Waals surface area contributed by atoms with Gasteiger partial charge in [-0.15, -0.1) is 0 Å². The molecule has 0 aromatic heterocycles. The molecule has 2 heteroatoms. The van der Waals surface area contributed by atoms with Crippen molar-refractivity contribution in [1.82, 2.24) is 0 Å². The minimum absolute atomic E-state index is 0.0448. The topological polar surface area (TPSA) is 9.23 Å². The first kappa shape index (κ1) is 11.1. The Kier molecular flexibility index (Phi) is 3.13. The van der Waals surface area contributed by atoms with Crippen LogP contribution >= 0.6 is 7.92 Å². The van der Waals surface area contributed by atoms with Crippen molar-refractivity contribution in [2.24, 2.45) is 5.92 Å². The van der Waals surface area contributed by atoms with Crippen molar-refractivity contribution in [3.63, 3.8) is 0 Å². The summed E-state index contributed by atoms with van der Waals surface area (Å²) in [5, 5.41) is 1.52. The molecular weight excluding hydrogens is 203 g/mol. The second-order valence-corrected chi connectivity index (χ2v) is 7.62. The first-order valence-corrected chi connectivity index (χ1v) is 7.09. The summed E-state index contributed by atoms with van der Waals surface area (Å²) in [4.78, 5) is 0. The van der Waals surface area contributed by atoms with E-state index in [4.69, 9.17) is 4.74 Å². The van der Waals surface area contributed by atoms with Gasteiger partial charge in [-0.25, -0.2) is 0 Å². The summed E-state index contributed by atoms with van der Waals surface area (Å²) in [5.41, 5.74) is 0. The Morgan fingerprint density at radius 2 is 1.93 bits per heavy atom. The molecule has 1 aromatic rings. The highest BCUT2D eigenvalue weighted by Crippen LogP contribution is 2.53. The van der Waals surface area contributed by atoms with Crippen LogP contribution in [0.2, 0.25) is 0 Å². The summed E-state index contributed by atoms with van der Waals surface area (Å²) >= 11 is 0. The minimum atomic E-state index is -0.172. The molecule has 2 rings (SSSR count). The highest BCUT2D eigenvalue weighted by atomic mass is 31.1.